The van der Waals surface area contributed by atoms with Gasteiger partial charge in [-0.25, -0.2) is 9.59 Å². The Morgan fingerprint density at radius 2 is 2.00 bits per heavy atom. The van der Waals surface area contributed by atoms with E-state index in [2.05, 4.69) is 20.6 Å². The Bertz CT molecular complexity index is 928. The lowest BCUT2D eigenvalue weighted by Crippen LogP contribution is -2.39. The number of amides is 2. The molecule has 2 aromatic rings. The molecule has 5 N–H and O–H groups in total. The maximum Gasteiger partial charge on any atom is 0.330 e. The lowest BCUT2D eigenvalue weighted by atomic mass is 10.2. The number of aliphatic hydroxyl groups is 2. The topological polar surface area (TPSA) is 159 Å². The van der Waals surface area contributed by atoms with Crippen molar-refractivity contribution >= 4 is 6.03 Å². The molecule has 0 aromatic carbocycles. The number of aromatic amines is 1. The molecule has 0 spiro atoms. The van der Waals surface area contributed by atoms with E-state index in [1.807, 2.05) is 0 Å². The minimum atomic E-state index is -0.922. The number of nitrogens with zero attached hydrogens (tertiary/aromatic N) is 2. The minimum absolute atomic E-state index is 0.0937. The van der Waals surface area contributed by atoms with Crippen LogP contribution in [0.4, 0.5) is 4.79 Å². The molecule has 0 aliphatic carbocycles. The second-order valence-electron chi connectivity index (χ2n) is 6.33. The van der Waals surface area contributed by atoms with Gasteiger partial charge in [0.1, 0.15) is 12.3 Å². The molecule has 0 radical (unpaired) electrons. The molecular formula is C17H21N5O6. The first-order valence-electron chi connectivity index (χ1n) is 8.67. The predicted molar refractivity (Wildman–Crippen MR) is 96.3 cm³/mol. The van der Waals surface area contributed by atoms with Crippen molar-refractivity contribution in [3.8, 4) is 0 Å². The van der Waals surface area contributed by atoms with E-state index in [4.69, 9.17) is 9.84 Å². The lowest BCUT2D eigenvalue weighted by molar-refractivity contribution is -0.0460. The molecule has 1 fully saturated rings. The largest absolute Gasteiger partial charge is 0.394 e. The second kappa shape index (κ2) is 8.78. The second-order valence-corrected chi connectivity index (χ2v) is 6.33. The van der Waals surface area contributed by atoms with E-state index < -0.39 is 35.7 Å². The Morgan fingerprint density at radius 3 is 2.68 bits per heavy atom. The first kappa shape index (κ1) is 19.7. The number of H-pyrrole nitrogens is 1. The molecule has 0 unspecified atom stereocenters. The van der Waals surface area contributed by atoms with Crippen LogP contribution in [0.5, 0.6) is 0 Å². The number of carbonyl (C=O) groups excluding carboxylic acids is 1. The third-order valence-corrected chi connectivity index (χ3v) is 4.38. The van der Waals surface area contributed by atoms with E-state index in [0.29, 0.717) is 6.54 Å². The third kappa shape index (κ3) is 4.63. The van der Waals surface area contributed by atoms with Crippen LogP contribution in [0.3, 0.4) is 0 Å². The molecule has 3 heterocycles. The maximum atomic E-state index is 12.1. The number of aromatic nitrogens is 3. The first-order chi connectivity index (χ1) is 13.5. The Morgan fingerprint density at radius 1 is 1.29 bits per heavy atom. The molecule has 11 heteroatoms. The van der Waals surface area contributed by atoms with Gasteiger partial charge in [0.2, 0.25) is 0 Å². The molecule has 2 aromatic heterocycles. The van der Waals surface area contributed by atoms with Crippen molar-refractivity contribution in [1.29, 1.82) is 0 Å². The van der Waals surface area contributed by atoms with Crippen LogP contribution < -0.4 is 21.9 Å². The summed E-state index contributed by atoms with van der Waals surface area (Å²) in [6.45, 7) is -0.209. The van der Waals surface area contributed by atoms with Crippen LogP contribution in [-0.2, 0) is 17.8 Å². The van der Waals surface area contributed by atoms with Gasteiger partial charge in [0.05, 0.1) is 24.8 Å². The number of hydrogen-bond donors (Lipinski definition) is 5. The number of carbonyl (C=O) groups is 1. The number of nitrogens with one attached hydrogen (secondary N) is 3. The van der Waals surface area contributed by atoms with Crippen molar-refractivity contribution in [1.82, 2.24) is 25.2 Å². The molecule has 0 bridgehead atoms. The molecule has 1 aliphatic heterocycles. The van der Waals surface area contributed by atoms with Gasteiger partial charge in [-0.15, -0.1) is 0 Å². The number of ether oxygens (including phenoxy) is 1. The molecule has 2 amide bonds. The zero-order valence-corrected chi connectivity index (χ0v) is 14.9. The monoisotopic (exact) mass is 391 g/mol. The van der Waals surface area contributed by atoms with E-state index >= 15 is 0 Å². The summed E-state index contributed by atoms with van der Waals surface area (Å²) >= 11 is 0. The summed E-state index contributed by atoms with van der Waals surface area (Å²) < 4.78 is 6.56. The number of hydrogen-bond acceptors (Lipinski definition) is 7. The lowest BCUT2D eigenvalue weighted by Gasteiger charge is -2.15. The average molecular weight is 391 g/mol. The van der Waals surface area contributed by atoms with Gasteiger partial charge >= 0.3 is 11.7 Å². The van der Waals surface area contributed by atoms with Crippen LogP contribution in [0, 0.1) is 0 Å². The molecule has 1 aliphatic rings. The van der Waals surface area contributed by atoms with Crippen molar-refractivity contribution in [2.45, 2.75) is 37.9 Å². The van der Waals surface area contributed by atoms with Crippen molar-refractivity contribution < 1.29 is 19.7 Å². The van der Waals surface area contributed by atoms with Crippen molar-refractivity contribution in [3.05, 3.63) is 62.7 Å². The van der Waals surface area contributed by atoms with Crippen LogP contribution in [0.1, 0.15) is 23.8 Å². The summed E-state index contributed by atoms with van der Waals surface area (Å²) in [7, 11) is 0. The summed E-state index contributed by atoms with van der Waals surface area (Å²) in [4.78, 5) is 42.0. The van der Waals surface area contributed by atoms with E-state index in [0.717, 1.165) is 10.1 Å². The Balaban J connectivity index is 1.63. The number of aliphatic hydroxyl groups excluding tert-OH is 2. The van der Waals surface area contributed by atoms with Gasteiger partial charge in [-0.3, -0.25) is 19.3 Å². The fourth-order valence-electron chi connectivity index (χ4n) is 2.84. The minimum Gasteiger partial charge on any atom is -0.394 e. The number of rotatable bonds is 6. The van der Waals surface area contributed by atoms with Gasteiger partial charge in [0.25, 0.3) is 5.56 Å². The highest BCUT2D eigenvalue weighted by Gasteiger charge is 2.35. The first-order valence-corrected chi connectivity index (χ1v) is 8.67. The smallest absolute Gasteiger partial charge is 0.330 e. The summed E-state index contributed by atoms with van der Waals surface area (Å²) in [5.41, 5.74) is -0.323. The SMILES string of the molecule is O=C(NCc1ccncc1)NCc1cn([C@H]2C[C@H](O)[C@@H](CO)O2)c(=O)[nH]c1=O. The highest BCUT2D eigenvalue weighted by atomic mass is 16.5. The van der Waals surface area contributed by atoms with Crippen LogP contribution in [0.15, 0.2) is 40.3 Å². The zero-order valence-electron chi connectivity index (χ0n) is 14.9. The predicted octanol–water partition coefficient (Wildman–Crippen LogP) is -1.43. The average Bonchev–Trinajstić information content (AvgIpc) is 3.07. The summed E-state index contributed by atoms with van der Waals surface area (Å²) in [6.07, 6.45) is 2.05. The molecular weight excluding hydrogens is 370 g/mol. The number of pyridine rings is 1. The van der Waals surface area contributed by atoms with Crippen molar-refractivity contribution in [2.24, 2.45) is 0 Å². The molecule has 11 nitrogen and oxygen atoms in total. The Kier molecular flexibility index (Phi) is 6.19. The molecule has 28 heavy (non-hydrogen) atoms. The summed E-state index contributed by atoms with van der Waals surface area (Å²) in [5.74, 6) is 0. The highest BCUT2D eigenvalue weighted by molar-refractivity contribution is 5.73. The van der Waals surface area contributed by atoms with Gasteiger partial charge in [0, 0.05) is 31.6 Å². The fourth-order valence-corrected chi connectivity index (χ4v) is 2.84. The van der Waals surface area contributed by atoms with E-state index in [1.165, 1.54) is 6.20 Å². The van der Waals surface area contributed by atoms with Crippen molar-refractivity contribution in [2.75, 3.05) is 6.61 Å². The van der Waals surface area contributed by atoms with E-state index in [1.54, 1.807) is 24.5 Å². The fraction of sp³-hybridized carbons (Fsp3) is 0.412. The van der Waals surface area contributed by atoms with Gasteiger partial charge in [-0.1, -0.05) is 0 Å². The normalized spacial score (nSPS) is 21.4. The molecule has 3 rings (SSSR count). The molecule has 3 atom stereocenters. The maximum absolute atomic E-state index is 12.1. The van der Waals surface area contributed by atoms with Crippen LogP contribution in [-0.4, -0.2) is 49.6 Å². The van der Waals surface area contributed by atoms with Gasteiger partial charge < -0.3 is 25.6 Å². The van der Waals surface area contributed by atoms with Crippen LogP contribution >= 0.6 is 0 Å². The van der Waals surface area contributed by atoms with Gasteiger partial charge in [0.15, 0.2) is 0 Å². The molecule has 150 valence electrons. The van der Waals surface area contributed by atoms with E-state index in [9.17, 15) is 19.5 Å². The standard InChI is InChI=1S/C17H21N5O6/c23-9-13-12(24)5-14(28-13)22-8-11(15(25)21-17(22)27)7-20-16(26)19-6-10-1-3-18-4-2-10/h1-4,8,12-14,23-24H,5-7,9H2,(H2,19,20,26)(H,21,25,27)/t12-,13+,14+/m0/s1. The van der Waals surface area contributed by atoms with Gasteiger partial charge in [-0.2, -0.15) is 0 Å². The van der Waals surface area contributed by atoms with Crippen molar-refractivity contribution in [3.63, 3.8) is 0 Å². The zero-order chi connectivity index (χ0) is 20.1. The van der Waals surface area contributed by atoms with Gasteiger partial charge in [-0.05, 0) is 17.7 Å². The Hall–Kier alpha value is -3.02. The quantitative estimate of drug-likeness (QED) is 0.404. The van der Waals surface area contributed by atoms with Crippen LogP contribution in [0.2, 0.25) is 0 Å². The van der Waals surface area contributed by atoms with E-state index in [-0.39, 0.29) is 25.1 Å². The number of urea groups is 1. The molecule has 1 saturated heterocycles. The van der Waals surface area contributed by atoms with Crippen LogP contribution in [0.25, 0.3) is 0 Å². The summed E-state index contributed by atoms with van der Waals surface area (Å²) in [6, 6.07) is 3.04. The summed E-state index contributed by atoms with van der Waals surface area (Å²) in [5, 5.41) is 24.2. The Labute approximate surface area is 159 Å². The molecule has 0 saturated carbocycles. The third-order valence-electron chi connectivity index (χ3n) is 4.38. The highest BCUT2D eigenvalue weighted by Crippen LogP contribution is 2.27.